The van der Waals surface area contributed by atoms with Crippen molar-refractivity contribution in [3.63, 3.8) is 0 Å². The molecule has 0 saturated heterocycles. The van der Waals surface area contributed by atoms with Crippen LogP contribution < -0.4 is 20.1 Å². The average molecular weight is 409 g/mol. The number of halogens is 1. The van der Waals surface area contributed by atoms with Crippen LogP contribution in [-0.4, -0.2) is 19.2 Å². The van der Waals surface area contributed by atoms with Crippen molar-refractivity contribution < 1.29 is 14.3 Å². The smallest absolute Gasteiger partial charge is 0.238 e. The Morgan fingerprint density at radius 3 is 2.38 bits per heavy atom. The zero-order chi connectivity index (χ0) is 20.2. The van der Waals surface area contributed by atoms with Crippen molar-refractivity contribution in [2.75, 3.05) is 18.7 Å². The largest absolute Gasteiger partial charge is 0.454 e. The number of hydrogen-bond acceptors (Lipinski definition) is 4. The third kappa shape index (κ3) is 4.53. The van der Waals surface area contributed by atoms with Crippen LogP contribution in [0.5, 0.6) is 11.5 Å². The second-order valence-electron chi connectivity index (χ2n) is 6.87. The molecule has 1 heterocycles. The van der Waals surface area contributed by atoms with Gasteiger partial charge in [-0.2, -0.15) is 0 Å². The molecule has 148 valence electrons. The van der Waals surface area contributed by atoms with Gasteiger partial charge in [-0.25, -0.2) is 0 Å². The van der Waals surface area contributed by atoms with Gasteiger partial charge in [0.05, 0.1) is 23.3 Å². The molecule has 2 N–H and O–H groups in total. The second-order valence-corrected chi connectivity index (χ2v) is 7.28. The molecule has 0 aliphatic carbocycles. The van der Waals surface area contributed by atoms with E-state index in [9.17, 15) is 4.79 Å². The molecule has 0 radical (unpaired) electrons. The molecule has 29 heavy (non-hydrogen) atoms. The number of anilines is 1. The van der Waals surface area contributed by atoms with Crippen LogP contribution in [0.2, 0.25) is 5.02 Å². The number of ether oxygens (including phenoxy) is 2. The topological polar surface area (TPSA) is 59.6 Å². The highest BCUT2D eigenvalue weighted by Gasteiger charge is 2.19. The van der Waals surface area contributed by atoms with Crippen molar-refractivity contribution in [3.8, 4) is 11.5 Å². The number of amides is 1. The van der Waals surface area contributed by atoms with E-state index in [1.807, 2.05) is 30.3 Å². The van der Waals surface area contributed by atoms with E-state index < -0.39 is 0 Å². The highest BCUT2D eigenvalue weighted by atomic mass is 35.5. The lowest BCUT2D eigenvalue weighted by Crippen LogP contribution is -2.32. The van der Waals surface area contributed by atoms with Crippen LogP contribution in [0.3, 0.4) is 0 Å². The lowest BCUT2D eigenvalue weighted by Gasteiger charge is -2.20. The van der Waals surface area contributed by atoms with Gasteiger partial charge in [-0.15, -0.1) is 0 Å². The summed E-state index contributed by atoms with van der Waals surface area (Å²) >= 11 is 6.25. The van der Waals surface area contributed by atoms with E-state index in [1.165, 1.54) is 5.56 Å². The van der Waals surface area contributed by atoms with Gasteiger partial charge >= 0.3 is 0 Å². The van der Waals surface area contributed by atoms with Crippen molar-refractivity contribution in [1.82, 2.24) is 5.32 Å². The Bertz CT molecular complexity index is 1010. The number of benzene rings is 3. The van der Waals surface area contributed by atoms with Crippen molar-refractivity contribution in [2.45, 2.75) is 13.0 Å². The fourth-order valence-electron chi connectivity index (χ4n) is 3.23. The van der Waals surface area contributed by atoms with Gasteiger partial charge in [0.25, 0.3) is 0 Å². The van der Waals surface area contributed by atoms with Crippen molar-refractivity contribution >= 4 is 23.2 Å². The lowest BCUT2D eigenvalue weighted by atomic mass is 9.98. The summed E-state index contributed by atoms with van der Waals surface area (Å²) in [6.45, 7) is 2.33. The van der Waals surface area contributed by atoms with Gasteiger partial charge in [0, 0.05) is 12.1 Å². The minimum atomic E-state index is -0.196. The molecule has 4 rings (SSSR count). The SMILES string of the molecule is Cc1ccc([C@H](NCC(=O)Nc2cc3c(cc2Cl)OCO3)c2ccccc2)cc1. The minimum absolute atomic E-state index is 0.102. The summed E-state index contributed by atoms with van der Waals surface area (Å²) in [5.74, 6) is 0.952. The van der Waals surface area contributed by atoms with Crippen molar-refractivity contribution in [3.05, 3.63) is 88.4 Å². The van der Waals surface area contributed by atoms with E-state index in [-0.39, 0.29) is 25.3 Å². The summed E-state index contributed by atoms with van der Waals surface area (Å²) in [7, 11) is 0. The maximum atomic E-state index is 12.6. The van der Waals surface area contributed by atoms with Crippen LogP contribution in [0.15, 0.2) is 66.7 Å². The molecule has 1 atom stereocenters. The van der Waals surface area contributed by atoms with Crippen LogP contribution in [0.1, 0.15) is 22.7 Å². The molecule has 1 aliphatic rings. The molecule has 6 heteroatoms. The fourth-order valence-corrected chi connectivity index (χ4v) is 3.44. The number of hydrogen-bond donors (Lipinski definition) is 2. The highest BCUT2D eigenvalue weighted by Crippen LogP contribution is 2.39. The van der Waals surface area contributed by atoms with Gasteiger partial charge < -0.3 is 14.8 Å². The first-order valence-corrected chi connectivity index (χ1v) is 9.72. The molecule has 3 aromatic rings. The molecular weight excluding hydrogens is 388 g/mol. The molecule has 0 aromatic heterocycles. The van der Waals surface area contributed by atoms with Gasteiger partial charge in [0.15, 0.2) is 11.5 Å². The predicted molar refractivity (Wildman–Crippen MR) is 114 cm³/mol. The monoisotopic (exact) mass is 408 g/mol. The lowest BCUT2D eigenvalue weighted by molar-refractivity contribution is -0.115. The minimum Gasteiger partial charge on any atom is -0.454 e. The van der Waals surface area contributed by atoms with E-state index in [2.05, 4.69) is 41.8 Å². The Morgan fingerprint density at radius 1 is 1.00 bits per heavy atom. The summed E-state index contributed by atoms with van der Waals surface area (Å²) in [5.41, 5.74) is 3.87. The molecular formula is C23H21ClN2O3. The van der Waals surface area contributed by atoms with Gasteiger partial charge in [-0.3, -0.25) is 10.1 Å². The van der Waals surface area contributed by atoms with Gasteiger partial charge in [-0.05, 0) is 18.1 Å². The van der Waals surface area contributed by atoms with Crippen LogP contribution >= 0.6 is 11.6 Å². The summed E-state index contributed by atoms with van der Waals surface area (Å²) < 4.78 is 10.6. The van der Waals surface area contributed by atoms with E-state index in [1.54, 1.807) is 12.1 Å². The summed E-state index contributed by atoms with van der Waals surface area (Å²) in [6.07, 6.45) is 0. The molecule has 5 nitrogen and oxygen atoms in total. The first-order chi connectivity index (χ1) is 14.1. The van der Waals surface area contributed by atoms with Gasteiger partial charge in [0.2, 0.25) is 12.7 Å². The molecule has 0 saturated carbocycles. The fraction of sp³-hybridized carbons (Fsp3) is 0.174. The Morgan fingerprint density at radius 2 is 1.66 bits per heavy atom. The molecule has 3 aromatic carbocycles. The number of carbonyl (C=O) groups is 1. The summed E-state index contributed by atoms with van der Waals surface area (Å²) in [4.78, 5) is 12.6. The van der Waals surface area contributed by atoms with E-state index in [0.29, 0.717) is 22.2 Å². The number of rotatable bonds is 6. The first-order valence-electron chi connectivity index (χ1n) is 9.34. The number of fused-ring (bicyclic) bond motifs is 1. The Labute approximate surface area is 174 Å². The molecule has 0 unspecified atom stereocenters. The van der Waals surface area contributed by atoms with Gasteiger partial charge in [-0.1, -0.05) is 71.8 Å². The molecule has 0 spiro atoms. The van der Waals surface area contributed by atoms with Crippen LogP contribution in [0, 0.1) is 6.92 Å². The van der Waals surface area contributed by atoms with Crippen LogP contribution in [0.25, 0.3) is 0 Å². The predicted octanol–water partition coefficient (Wildman–Crippen LogP) is 4.69. The Hall–Kier alpha value is -3.02. The third-order valence-corrected chi connectivity index (χ3v) is 5.06. The normalized spacial score (nSPS) is 13.2. The molecule has 0 fully saturated rings. The van der Waals surface area contributed by atoms with E-state index >= 15 is 0 Å². The highest BCUT2D eigenvalue weighted by molar-refractivity contribution is 6.34. The second kappa shape index (κ2) is 8.55. The van der Waals surface area contributed by atoms with Crippen LogP contribution in [0.4, 0.5) is 5.69 Å². The van der Waals surface area contributed by atoms with E-state index in [0.717, 1.165) is 11.1 Å². The maximum Gasteiger partial charge on any atom is 0.238 e. The first kappa shape index (κ1) is 19.3. The zero-order valence-corrected chi connectivity index (χ0v) is 16.7. The van der Waals surface area contributed by atoms with Gasteiger partial charge in [0.1, 0.15) is 0 Å². The third-order valence-electron chi connectivity index (χ3n) is 4.75. The van der Waals surface area contributed by atoms with Crippen LogP contribution in [-0.2, 0) is 4.79 Å². The number of carbonyl (C=O) groups excluding carboxylic acids is 1. The Balaban J connectivity index is 1.47. The zero-order valence-electron chi connectivity index (χ0n) is 15.9. The standard InChI is InChI=1S/C23H21ClN2O3/c1-15-7-9-17(10-8-15)23(16-5-3-2-4-6-16)25-13-22(27)26-19-12-21-20(11-18(19)24)28-14-29-21/h2-12,23,25H,13-14H2,1H3,(H,26,27)/t23-/m1/s1. The Kier molecular flexibility index (Phi) is 5.69. The molecule has 1 aliphatic heterocycles. The molecule has 0 bridgehead atoms. The summed E-state index contributed by atoms with van der Waals surface area (Å²) in [5, 5.41) is 6.59. The van der Waals surface area contributed by atoms with E-state index in [4.69, 9.17) is 21.1 Å². The molecule has 1 amide bonds. The van der Waals surface area contributed by atoms with Crippen molar-refractivity contribution in [2.24, 2.45) is 0 Å². The van der Waals surface area contributed by atoms with Crippen molar-refractivity contribution in [1.29, 1.82) is 0 Å². The number of aryl methyl sites for hydroxylation is 1. The maximum absolute atomic E-state index is 12.6. The average Bonchev–Trinajstić information content (AvgIpc) is 3.17. The quantitative estimate of drug-likeness (QED) is 0.621. The summed E-state index contributed by atoms with van der Waals surface area (Å²) in [6, 6.07) is 21.6. The number of nitrogens with one attached hydrogen (secondary N) is 2.